The van der Waals surface area contributed by atoms with Crippen LogP contribution in [0.1, 0.15) is 56.6 Å². The molecule has 2 aromatic rings. The molecule has 7 nitrogen and oxygen atoms in total. The molecule has 0 saturated heterocycles. The Labute approximate surface area is 230 Å². The van der Waals surface area contributed by atoms with Crippen LogP contribution < -0.4 is 9.62 Å². The van der Waals surface area contributed by atoms with Crippen LogP contribution in [0.2, 0.25) is 10.0 Å². The molecule has 1 fully saturated rings. The van der Waals surface area contributed by atoms with Gasteiger partial charge >= 0.3 is 0 Å². The first-order chi connectivity index (χ1) is 17.5. The highest BCUT2D eigenvalue weighted by atomic mass is 35.5. The van der Waals surface area contributed by atoms with E-state index in [1.165, 1.54) is 4.90 Å². The standard InChI is InChI=1S/C27H35Cl2N3O4S/c1-4-25(27(34)30-22-10-6-5-7-11-22)31(17-20-13-14-21(28)16-24(20)29)26(33)18-32(37(3,35)36)23-12-8-9-19(2)15-23/h8-9,12-16,22,25H,4-7,10-11,17-18H2,1-3H3,(H,30,34)/t25-/m1/s1. The van der Waals surface area contributed by atoms with Crippen molar-refractivity contribution in [2.45, 2.75) is 71.0 Å². The van der Waals surface area contributed by atoms with E-state index < -0.39 is 28.5 Å². The lowest BCUT2D eigenvalue weighted by Gasteiger charge is -2.34. The number of nitrogens with one attached hydrogen (secondary N) is 1. The number of carbonyl (C=O) groups is 2. The second-order valence-corrected chi connectivity index (χ2v) is 12.4. The third-order valence-corrected chi connectivity index (χ3v) is 8.39. The Morgan fingerprint density at radius 1 is 1.08 bits per heavy atom. The van der Waals surface area contributed by atoms with Crippen molar-refractivity contribution in [1.29, 1.82) is 0 Å². The largest absolute Gasteiger partial charge is 0.352 e. The van der Waals surface area contributed by atoms with E-state index >= 15 is 0 Å². The average Bonchev–Trinajstić information content (AvgIpc) is 2.83. The van der Waals surface area contributed by atoms with Gasteiger partial charge in [-0.05, 0) is 61.6 Å². The quantitative estimate of drug-likeness (QED) is 0.420. The Morgan fingerprint density at radius 2 is 1.78 bits per heavy atom. The summed E-state index contributed by atoms with van der Waals surface area (Å²) in [4.78, 5) is 28.7. The van der Waals surface area contributed by atoms with E-state index in [1.54, 1.807) is 36.4 Å². The van der Waals surface area contributed by atoms with Gasteiger partial charge in [-0.3, -0.25) is 13.9 Å². The minimum atomic E-state index is -3.78. The van der Waals surface area contributed by atoms with Crippen molar-refractivity contribution >= 4 is 50.7 Å². The summed E-state index contributed by atoms with van der Waals surface area (Å²) in [5.74, 6) is -0.738. The fraction of sp³-hybridized carbons (Fsp3) is 0.481. The van der Waals surface area contributed by atoms with Crippen LogP contribution in [0.5, 0.6) is 0 Å². The third-order valence-electron chi connectivity index (χ3n) is 6.66. The highest BCUT2D eigenvalue weighted by Crippen LogP contribution is 2.25. The van der Waals surface area contributed by atoms with Crippen molar-refractivity contribution in [1.82, 2.24) is 10.2 Å². The van der Waals surface area contributed by atoms with Gasteiger partial charge in [0.05, 0.1) is 11.9 Å². The van der Waals surface area contributed by atoms with Crippen LogP contribution in [0.25, 0.3) is 0 Å². The number of hydrogen-bond acceptors (Lipinski definition) is 4. The first-order valence-electron chi connectivity index (χ1n) is 12.6. The van der Waals surface area contributed by atoms with Crippen molar-refractivity contribution in [3.63, 3.8) is 0 Å². The molecule has 37 heavy (non-hydrogen) atoms. The Kier molecular flexibility index (Phi) is 10.3. The van der Waals surface area contributed by atoms with E-state index in [4.69, 9.17) is 23.2 Å². The third kappa shape index (κ3) is 8.09. The molecule has 10 heteroatoms. The maximum absolute atomic E-state index is 13.8. The van der Waals surface area contributed by atoms with Gasteiger partial charge in [0.25, 0.3) is 0 Å². The molecular weight excluding hydrogens is 533 g/mol. The van der Waals surface area contributed by atoms with Crippen molar-refractivity contribution in [2.24, 2.45) is 0 Å². The van der Waals surface area contributed by atoms with Gasteiger partial charge in [0.1, 0.15) is 12.6 Å². The number of halogens is 2. The summed E-state index contributed by atoms with van der Waals surface area (Å²) in [6.07, 6.45) is 6.52. The summed E-state index contributed by atoms with van der Waals surface area (Å²) >= 11 is 12.5. The molecule has 2 aromatic carbocycles. The number of anilines is 1. The molecule has 1 aliphatic rings. The van der Waals surface area contributed by atoms with Crippen LogP contribution in [0.15, 0.2) is 42.5 Å². The topological polar surface area (TPSA) is 86.8 Å². The number of carbonyl (C=O) groups excluding carboxylic acids is 2. The maximum Gasteiger partial charge on any atom is 0.244 e. The van der Waals surface area contributed by atoms with Gasteiger partial charge < -0.3 is 10.2 Å². The lowest BCUT2D eigenvalue weighted by Crippen LogP contribution is -2.54. The van der Waals surface area contributed by atoms with Gasteiger partial charge in [-0.15, -0.1) is 0 Å². The molecule has 202 valence electrons. The summed E-state index contributed by atoms with van der Waals surface area (Å²) in [7, 11) is -3.78. The Balaban J connectivity index is 1.94. The molecule has 3 rings (SSSR count). The number of benzene rings is 2. The lowest BCUT2D eigenvalue weighted by atomic mass is 9.95. The molecule has 0 spiro atoms. The summed E-state index contributed by atoms with van der Waals surface area (Å²) in [6.45, 7) is 3.28. The Hall–Kier alpha value is -2.29. The molecule has 2 amide bonds. The number of aryl methyl sites for hydroxylation is 1. The van der Waals surface area contributed by atoms with Crippen LogP contribution >= 0.6 is 23.2 Å². The highest BCUT2D eigenvalue weighted by Gasteiger charge is 2.33. The molecule has 1 saturated carbocycles. The van der Waals surface area contributed by atoms with Crippen LogP contribution in [-0.2, 0) is 26.2 Å². The first kappa shape index (κ1) is 29.3. The minimum Gasteiger partial charge on any atom is -0.352 e. The van der Waals surface area contributed by atoms with Crippen LogP contribution in [0.4, 0.5) is 5.69 Å². The van der Waals surface area contributed by atoms with E-state index in [2.05, 4.69) is 5.32 Å². The number of sulfonamides is 1. The second kappa shape index (κ2) is 13.0. The predicted molar refractivity (Wildman–Crippen MR) is 149 cm³/mol. The molecule has 1 N–H and O–H groups in total. The van der Waals surface area contributed by atoms with Crippen LogP contribution in [0.3, 0.4) is 0 Å². The molecule has 1 atom stereocenters. The Bertz CT molecular complexity index is 1220. The monoisotopic (exact) mass is 567 g/mol. The van der Waals surface area contributed by atoms with Crippen LogP contribution in [-0.4, -0.2) is 50.0 Å². The summed E-state index contributed by atoms with van der Waals surface area (Å²) in [5, 5.41) is 3.94. The first-order valence-corrected chi connectivity index (χ1v) is 15.2. The number of hydrogen-bond donors (Lipinski definition) is 1. The maximum atomic E-state index is 13.8. The number of rotatable bonds is 10. The number of nitrogens with zero attached hydrogens (tertiary/aromatic N) is 2. The second-order valence-electron chi connectivity index (χ2n) is 9.63. The fourth-order valence-corrected chi connectivity index (χ4v) is 6.00. The van der Waals surface area contributed by atoms with Crippen molar-refractivity contribution in [3.8, 4) is 0 Å². The normalized spacial score (nSPS) is 15.2. The van der Waals surface area contributed by atoms with E-state index in [0.717, 1.165) is 48.2 Å². The molecule has 0 heterocycles. The average molecular weight is 569 g/mol. The van der Waals surface area contributed by atoms with Crippen molar-refractivity contribution in [3.05, 3.63) is 63.6 Å². The van der Waals surface area contributed by atoms with Gasteiger partial charge in [0, 0.05) is 22.6 Å². The lowest BCUT2D eigenvalue weighted by molar-refractivity contribution is -0.140. The Morgan fingerprint density at radius 3 is 2.38 bits per heavy atom. The zero-order valence-corrected chi connectivity index (χ0v) is 23.9. The predicted octanol–water partition coefficient (Wildman–Crippen LogP) is 5.32. The van der Waals surface area contributed by atoms with E-state index in [9.17, 15) is 18.0 Å². The number of amides is 2. The smallest absolute Gasteiger partial charge is 0.244 e. The summed E-state index contributed by atoms with van der Waals surface area (Å²) in [5.41, 5.74) is 1.87. The van der Waals surface area contributed by atoms with E-state index in [1.807, 2.05) is 19.9 Å². The van der Waals surface area contributed by atoms with E-state index in [-0.39, 0.29) is 18.5 Å². The molecule has 1 aliphatic carbocycles. The van der Waals surface area contributed by atoms with E-state index in [0.29, 0.717) is 27.7 Å². The van der Waals surface area contributed by atoms with Gasteiger partial charge in [-0.1, -0.05) is 67.6 Å². The highest BCUT2D eigenvalue weighted by molar-refractivity contribution is 7.92. The van der Waals surface area contributed by atoms with Gasteiger partial charge in [-0.25, -0.2) is 8.42 Å². The van der Waals surface area contributed by atoms with Crippen molar-refractivity contribution in [2.75, 3.05) is 17.1 Å². The molecule has 0 aliphatic heterocycles. The molecule has 0 aromatic heterocycles. The van der Waals surface area contributed by atoms with Gasteiger partial charge in [0.15, 0.2) is 0 Å². The van der Waals surface area contributed by atoms with Crippen LogP contribution in [0, 0.1) is 6.92 Å². The summed E-state index contributed by atoms with van der Waals surface area (Å²) < 4.78 is 26.5. The zero-order chi connectivity index (χ0) is 27.2. The minimum absolute atomic E-state index is 0.0385. The molecule has 0 radical (unpaired) electrons. The molecular formula is C27H35Cl2N3O4S. The molecule has 0 unspecified atom stereocenters. The zero-order valence-electron chi connectivity index (χ0n) is 21.5. The summed E-state index contributed by atoms with van der Waals surface area (Å²) in [6, 6.07) is 11.2. The molecule has 0 bridgehead atoms. The van der Waals surface area contributed by atoms with Gasteiger partial charge in [0.2, 0.25) is 21.8 Å². The van der Waals surface area contributed by atoms with Gasteiger partial charge in [-0.2, -0.15) is 0 Å². The fourth-order valence-electron chi connectivity index (χ4n) is 4.69. The SMILES string of the molecule is CC[C@H](C(=O)NC1CCCCC1)N(Cc1ccc(Cl)cc1Cl)C(=O)CN(c1cccc(C)c1)S(C)(=O)=O. The van der Waals surface area contributed by atoms with Crippen molar-refractivity contribution < 1.29 is 18.0 Å².